The van der Waals surface area contributed by atoms with Crippen LogP contribution >= 0.6 is 0 Å². The zero-order valence-electron chi connectivity index (χ0n) is 10.2. The Labute approximate surface area is 96.0 Å². The maximum absolute atomic E-state index is 11.9. The highest BCUT2D eigenvalue weighted by Gasteiger charge is 2.26. The summed E-state index contributed by atoms with van der Waals surface area (Å²) < 4.78 is 3.75. The van der Waals surface area contributed by atoms with Crippen molar-refractivity contribution >= 4 is 5.69 Å². The standard InChI is InChI=1S/C12H21N3O/c1-3-8-15-11(9-6-4-5-7-9)10(13)12(16)14(15)2/h9H,3-8,13H2,1-2H3. The summed E-state index contributed by atoms with van der Waals surface area (Å²) in [5.41, 5.74) is 7.49. The van der Waals surface area contributed by atoms with Crippen molar-refractivity contribution in [3.05, 3.63) is 16.0 Å². The number of nitrogens with two attached hydrogens (primary N) is 1. The summed E-state index contributed by atoms with van der Waals surface area (Å²) in [6.45, 7) is 3.01. The summed E-state index contributed by atoms with van der Waals surface area (Å²) in [7, 11) is 1.81. The molecule has 1 aliphatic rings. The van der Waals surface area contributed by atoms with Crippen LogP contribution in [0.3, 0.4) is 0 Å². The summed E-state index contributed by atoms with van der Waals surface area (Å²) in [6.07, 6.45) is 5.91. The Kier molecular flexibility index (Phi) is 3.08. The molecule has 16 heavy (non-hydrogen) atoms. The third-order valence-electron chi connectivity index (χ3n) is 3.62. The fraction of sp³-hybridized carbons (Fsp3) is 0.750. The molecular formula is C12H21N3O. The van der Waals surface area contributed by atoms with Crippen molar-refractivity contribution in [3.63, 3.8) is 0 Å². The molecule has 0 aliphatic heterocycles. The Morgan fingerprint density at radius 2 is 2.00 bits per heavy atom. The first-order valence-electron chi connectivity index (χ1n) is 6.22. The van der Waals surface area contributed by atoms with Gasteiger partial charge in [0.1, 0.15) is 5.69 Å². The van der Waals surface area contributed by atoms with E-state index in [4.69, 9.17) is 5.73 Å². The molecule has 0 atom stereocenters. The van der Waals surface area contributed by atoms with E-state index < -0.39 is 0 Å². The Morgan fingerprint density at radius 3 is 2.56 bits per heavy atom. The first kappa shape index (κ1) is 11.3. The van der Waals surface area contributed by atoms with E-state index in [-0.39, 0.29) is 5.56 Å². The van der Waals surface area contributed by atoms with Crippen LogP contribution < -0.4 is 11.3 Å². The quantitative estimate of drug-likeness (QED) is 0.850. The van der Waals surface area contributed by atoms with Crippen molar-refractivity contribution in [3.8, 4) is 0 Å². The minimum Gasteiger partial charge on any atom is -0.393 e. The zero-order chi connectivity index (χ0) is 11.7. The smallest absolute Gasteiger partial charge is 0.289 e. The fourth-order valence-corrected chi connectivity index (χ4v) is 2.81. The molecular weight excluding hydrogens is 202 g/mol. The Balaban J connectivity index is 2.48. The summed E-state index contributed by atoms with van der Waals surface area (Å²) in [6, 6.07) is 0. The number of aromatic nitrogens is 2. The van der Waals surface area contributed by atoms with Crippen molar-refractivity contribution in [2.75, 3.05) is 5.73 Å². The molecule has 1 saturated carbocycles. The normalized spacial score (nSPS) is 17.1. The molecule has 0 radical (unpaired) electrons. The number of anilines is 1. The second kappa shape index (κ2) is 4.36. The second-order valence-electron chi connectivity index (χ2n) is 4.73. The summed E-state index contributed by atoms with van der Waals surface area (Å²) in [5, 5.41) is 0. The van der Waals surface area contributed by atoms with Crippen molar-refractivity contribution in [2.24, 2.45) is 7.05 Å². The van der Waals surface area contributed by atoms with Crippen molar-refractivity contribution < 1.29 is 0 Å². The number of nitrogen functional groups attached to an aromatic ring is 1. The SMILES string of the molecule is CCCn1c(C2CCCC2)c(N)c(=O)n1C. The zero-order valence-corrected chi connectivity index (χ0v) is 10.2. The lowest BCUT2D eigenvalue weighted by molar-refractivity contribution is 0.458. The van der Waals surface area contributed by atoms with Gasteiger partial charge in [-0.2, -0.15) is 0 Å². The lowest BCUT2D eigenvalue weighted by atomic mass is 10.0. The van der Waals surface area contributed by atoms with Gasteiger partial charge in [0.05, 0.1) is 5.69 Å². The maximum Gasteiger partial charge on any atom is 0.289 e. The average Bonchev–Trinajstić information content (AvgIpc) is 2.85. The molecule has 0 unspecified atom stereocenters. The van der Waals surface area contributed by atoms with E-state index in [2.05, 4.69) is 11.6 Å². The number of hydrogen-bond acceptors (Lipinski definition) is 2. The first-order chi connectivity index (χ1) is 7.66. The first-order valence-corrected chi connectivity index (χ1v) is 6.22. The third-order valence-corrected chi connectivity index (χ3v) is 3.62. The van der Waals surface area contributed by atoms with Crippen LogP contribution in [0, 0.1) is 0 Å². The highest BCUT2D eigenvalue weighted by molar-refractivity contribution is 5.44. The summed E-state index contributed by atoms with van der Waals surface area (Å²) >= 11 is 0. The van der Waals surface area contributed by atoms with Crippen LogP contribution in [0.5, 0.6) is 0 Å². The van der Waals surface area contributed by atoms with Gasteiger partial charge in [-0.25, -0.2) is 0 Å². The Bertz CT molecular complexity index is 424. The van der Waals surface area contributed by atoms with Gasteiger partial charge in [0.2, 0.25) is 0 Å². The van der Waals surface area contributed by atoms with E-state index in [1.165, 1.54) is 25.7 Å². The summed E-state index contributed by atoms with van der Waals surface area (Å²) in [4.78, 5) is 11.9. The minimum atomic E-state index is -0.0321. The van der Waals surface area contributed by atoms with Crippen LogP contribution in [0.25, 0.3) is 0 Å². The molecule has 1 aromatic rings. The molecule has 2 rings (SSSR count). The van der Waals surface area contributed by atoms with Gasteiger partial charge in [0.25, 0.3) is 5.56 Å². The highest BCUT2D eigenvalue weighted by Crippen LogP contribution is 2.36. The molecule has 0 aromatic carbocycles. The van der Waals surface area contributed by atoms with Crippen molar-refractivity contribution in [2.45, 2.75) is 51.5 Å². The molecule has 0 bridgehead atoms. The Morgan fingerprint density at radius 1 is 1.38 bits per heavy atom. The van der Waals surface area contributed by atoms with E-state index in [1.807, 2.05) is 7.05 Å². The van der Waals surface area contributed by atoms with Crippen LogP contribution in [0.2, 0.25) is 0 Å². The lowest BCUT2D eigenvalue weighted by Gasteiger charge is -2.15. The molecule has 1 aliphatic carbocycles. The molecule has 0 saturated heterocycles. The number of hydrogen-bond donors (Lipinski definition) is 1. The number of rotatable bonds is 3. The Hall–Kier alpha value is -1.19. The van der Waals surface area contributed by atoms with Crippen LogP contribution in [-0.4, -0.2) is 9.36 Å². The van der Waals surface area contributed by atoms with E-state index >= 15 is 0 Å². The van der Waals surface area contributed by atoms with Gasteiger partial charge in [0, 0.05) is 19.5 Å². The van der Waals surface area contributed by atoms with Gasteiger partial charge < -0.3 is 5.73 Å². The van der Waals surface area contributed by atoms with Gasteiger partial charge in [-0.05, 0) is 19.3 Å². The van der Waals surface area contributed by atoms with E-state index in [0.717, 1.165) is 18.7 Å². The van der Waals surface area contributed by atoms with Gasteiger partial charge in [-0.3, -0.25) is 14.2 Å². The molecule has 1 aromatic heterocycles. The van der Waals surface area contributed by atoms with Crippen LogP contribution in [0.4, 0.5) is 5.69 Å². The molecule has 0 amide bonds. The predicted molar refractivity (Wildman–Crippen MR) is 65.6 cm³/mol. The van der Waals surface area contributed by atoms with E-state index in [9.17, 15) is 4.79 Å². The molecule has 4 nitrogen and oxygen atoms in total. The maximum atomic E-state index is 11.9. The largest absolute Gasteiger partial charge is 0.393 e. The van der Waals surface area contributed by atoms with Crippen molar-refractivity contribution in [1.82, 2.24) is 9.36 Å². The fourth-order valence-electron chi connectivity index (χ4n) is 2.81. The molecule has 0 spiro atoms. The molecule has 1 fully saturated rings. The number of nitrogens with zero attached hydrogens (tertiary/aromatic N) is 2. The van der Waals surface area contributed by atoms with Crippen LogP contribution in [0.15, 0.2) is 4.79 Å². The molecule has 90 valence electrons. The van der Waals surface area contributed by atoms with E-state index in [1.54, 1.807) is 4.68 Å². The van der Waals surface area contributed by atoms with Gasteiger partial charge in [-0.15, -0.1) is 0 Å². The second-order valence-corrected chi connectivity index (χ2v) is 4.73. The van der Waals surface area contributed by atoms with E-state index in [0.29, 0.717) is 11.6 Å². The highest BCUT2D eigenvalue weighted by atomic mass is 16.1. The van der Waals surface area contributed by atoms with Crippen molar-refractivity contribution in [1.29, 1.82) is 0 Å². The lowest BCUT2D eigenvalue weighted by Crippen LogP contribution is -2.20. The third kappa shape index (κ3) is 1.66. The molecule has 1 heterocycles. The van der Waals surface area contributed by atoms with Gasteiger partial charge in [-0.1, -0.05) is 19.8 Å². The predicted octanol–water partition coefficient (Wildman–Crippen LogP) is 1.84. The minimum absolute atomic E-state index is 0.0321. The molecule has 2 N–H and O–H groups in total. The molecule has 4 heteroatoms. The van der Waals surface area contributed by atoms with Crippen LogP contribution in [-0.2, 0) is 13.6 Å². The van der Waals surface area contributed by atoms with Gasteiger partial charge >= 0.3 is 0 Å². The van der Waals surface area contributed by atoms with Gasteiger partial charge in [0.15, 0.2) is 0 Å². The topological polar surface area (TPSA) is 52.9 Å². The average molecular weight is 223 g/mol. The van der Waals surface area contributed by atoms with Crippen LogP contribution in [0.1, 0.15) is 50.6 Å². The summed E-state index contributed by atoms with van der Waals surface area (Å²) in [5.74, 6) is 0.500. The monoisotopic (exact) mass is 223 g/mol.